The fourth-order valence-corrected chi connectivity index (χ4v) is 1.73. The number of carboxylic acids is 1. The van der Waals surface area contributed by atoms with Crippen LogP contribution in [0.4, 0.5) is 0 Å². The summed E-state index contributed by atoms with van der Waals surface area (Å²) in [6.07, 6.45) is 5.56. The van der Waals surface area contributed by atoms with Crippen molar-refractivity contribution in [2.75, 3.05) is 39.8 Å². The Hall–Kier alpha value is -0.650. The molecule has 0 aliphatic heterocycles. The molecule has 0 aromatic heterocycles. The van der Waals surface area contributed by atoms with Crippen LogP contribution >= 0.6 is 0 Å². The van der Waals surface area contributed by atoms with E-state index in [4.69, 9.17) is 10.2 Å². The van der Waals surface area contributed by atoms with E-state index >= 15 is 0 Å². The van der Waals surface area contributed by atoms with E-state index in [1.807, 2.05) is 7.05 Å². The first-order chi connectivity index (χ1) is 8.66. The molecule has 0 amide bonds. The quantitative estimate of drug-likeness (QED) is 0.430. The van der Waals surface area contributed by atoms with Crippen LogP contribution in [-0.4, -0.2) is 60.9 Å². The molecule has 0 saturated heterocycles. The lowest BCUT2D eigenvalue weighted by atomic mass is 10.1. The van der Waals surface area contributed by atoms with Crippen LogP contribution in [0.25, 0.3) is 0 Å². The summed E-state index contributed by atoms with van der Waals surface area (Å²) in [6.45, 7) is 3.87. The van der Waals surface area contributed by atoms with Crippen LogP contribution in [0.15, 0.2) is 0 Å². The van der Waals surface area contributed by atoms with E-state index in [1.165, 1.54) is 6.42 Å². The molecule has 0 atom stereocenters. The van der Waals surface area contributed by atoms with Gasteiger partial charge in [-0.3, -0.25) is 4.79 Å². The van der Waals surface area contributed by atoms with E-state index in [0.29, 0.717) is 6.42 Å². The zero-order chi connectivity index (χ0) is 13.6. The predicted octanol–water partition coefficient (Wildman–Crippen LogP) is 0.925. The van der Waals surface area contributed by atoms with Crippen molar-refractivity contribution in [3.63, 3.8) is 0 Å². The summed E-state index contributed by atoms with van der Waals surface area (Å²) < 4.78 is 0. The van der Waals surface area contributed by atoms with Crippen LogP contribution in [-0.2, 0) is 4.79 Å². The van der Waals surface area contributed by atoms with Gasteiger partial charge in [-0.1, -0.05) is 19.3 Å². The Morgan fingerprint density at radius 1 is 1.06 bits per heavy atom. The van der Waals surface area contributed by atoms with Crippen LogP contribution < -0.4 is 5.32 Å². The number of hydrogen-bond acceptors (Lipinski definition) is 4. The van der Waals surface area contributed by atoms with Crippen molar-refractivity contribution in [2.45, 2.75) is 38.5 Å². The number of likely N-dealkylation sites (N-methyl/N-ethyl adjacent to an activating group) is 1. The molecular formula is C13H28N2O3. The van der Waals surface area contributed by atoms with E-state index in [9.17, 15) is 4.79 Å². The minimum absolute atomic E-state index is 0.215. The van der Waals surface area contributed by atoms with E-state index in [2.05, 4.69) is 10.2 Å². The molecule has 5 heteroatoms. The van der Waals surface area contributed by atoms with E-state index in [-0.39, 0.29) is 6.61 Å². The van der Waals surface area contributed by atoms with Crippen LogP contribution in [0.5, 0.6) is 0 Å². The summed E-state index contributed by atoms with van der Waals surface area (Å²) in [5.41, 5.74) is 0. The molecule has 0 aliphatic carbocycles. The fourth-order valence-electron chi connectivity index (χ4n) is 1.73. The first-order valence-electron chi connectivity index (χ1n) is 6.88. The number of aliphatic carboxylic acids is 1. The highest BCUT2D eigenvalue weighted by Crippen LogP contribution is 2.04. The summed E-state index contributed by atoms with van der Waals surface area (Å²) in [6, 6.07) is 0. The molecule has 0 aliphatic rings. The largest absolute Gasteiger partial charge is 0.481 e. The maximum absolute atomic E-state index is 10.3. The lowest BCUT2D eigenvalue weighted by Gasteiger charge is -2.15. The van der Waals surface area contributed by atoms with Gasteiger partial charge in [0, 0.05) is 26.1 Å². The molecule has 0 rings (SSSR count). The normalized spacial score (nSPS) is 11.1. The van der Waals surface area contributed by atoms with Gasteiger partial charge in [-0.25, -0.2) is 0 Å². The van der Waals surface area contributed by atoms with Crippen LogP contribution in [0.2, 0.25) is 0 Å². The average Bonchev–Trinajstić information content (AvgIpc) is 2.31. The molecule has 5 nitrogen and oxygen atoms in total. The van der Waals surface area contributed by atoms with Gasteiger partial charge in [-0.15, -0.1) is 0 Å². The van der Waals surface area contributed by atoms with Crippen molar-refractivity contribution in [3.8, 4) is 0 Å². The summed E-state index contributed by atoms with van der Waals surface area (Å²) in [5.74, 6) is -0.691. The number of nitrogens with zero attached hydrogens (tertiary/aromatic N) is 1. The molecule has 0 fully saturated rings. The molecular weight excluding hydrogens is 232 g/mol. The SMILES string of the molecule is CN(CCO)CCNCCCCCCCC(=O)O. The number of aliphatic hydroxyl groups is 1. The van der Waals surface area contributed by atoms with Gasteiger partial charge < -0.3 is 20.4 Å². The Bertz CT molecular complexity index is 201. The molecule has 0 radical (unpaired) electrons. The molecule has 0 unspecified atom stereocenters. The highest BCUT2D eigenvalue weighted by atomic mass is 16.4. The zero-order valence-corrected chi connectivity index (χ0v) is 11.5. The highest BCUT2D eigenvalue weighted by molar-refractivity contribution is 5.66. The smallest absolute Gasteiger partial charge is 0.303 e. The topological polar surface area (TPSA) is 72.8 Å². The van der Waals surface area contributed by atoms with Crippen molar-refractivity contribution >= 4 is 5.97 Å². The van der Waals surface area contributed by atoms with Gasteiger partial charge in [0.1, 0.15) is 0 Å². The fraction of sp³-hybridized carbons (Fsp3) is 0.923. The number of nitrogens with one attached hydrogen (secondary N) is 1. The van der Waals surface area contributed by atoms with E-state index in [0.717, 1.165) is 51.9 Å². The Balaban J connectivity index is 3.05. The molecule has 0 saturated carbocycles. The van der Waals surface area contributed by atoms with Crippen LogP contribution in [0, 0.1) is 0 Å². The molecule has 0 aromatic carbocycles. The zero-order valence-electron chi connectivity index (χ0n) is 11.5. The number of unbranched alkanes of at least 4 members (excludes halogenated alkanes) is 4. The minimum Gasteiger partial charge on any atom is -0.481 e. The maximum atomic E-state index is 10.3. The monoisotopic (exact) mass is 260 g/mol. The van der Waals surface area contributed by atoms with Crippen LogP contribution in [0.1, 0.15) is 38.5 Å². The third-order valence-electron chi connectivity index (χ3n) is 2.90. The second kappa shape index (κ2) is 12.8. The van der Waals surface area contributed by atoms with Gasteiger partial charge in [0.2, 0.25) is 0 Å². The molecule has 0 heterocycles. The third kappa shape index (κ3) is 13.4. The van der Waals surface area contributed by atoms with E-state index < -0.39 is 5.97 Å². The second-order valence-corrected chi connectivity index (χ2v) is 4.69. The molecule has 108 valence electrons. The number of hydrogen-bond donors (Lipinski definition) is 3. The summed E-state index contributed by atoms with van der Waals surface area (Å²) in [4.78, 5) is 12.4. The molecule has 0 aromatic rings. The lowest BCUT2D eigenvalue weighted by molar-refractivity contribution is -0.137. The Kier molecular flexibility index (Phi) is 12.3. The summed E-state index contributed by atoms with van der Waals surface area (Å²) in [7, 11) is 2.00. The van der Waals surface area contributed by atoms with Gasteiger partial charge in [0.05, 0.1) is 6.61 Å². The number of carbonyl (C=O) groups is 1. The van der Waals surface area contributed by atoms with Gasteiger partial charge in [-0.2, -0.15) is 0 Å². The first kappa shape index (κ1) is 17.4. The van der Waals surface area contributed by atoms with Crippen molar-refractivity contribution in [1.29, 1.82) is 0 Å². The van der Waals surface area contributed by atoms with E-state index in [1.54, 1.807) is 0 Å². The van der Waals surface area contributed by atoms with Gasteiger partial charge in [0.15, 0.2) is 0 Å². The molecule has 0 spiro atoms. The first-order valence-corrected chi connectivity index (χ1v) is 6.88. The maximum Gasteiger partial charge on any atom is 0.303 e. The minimum atomic E-state index is -0.691. The number of carboxylic acid groups (broad SMARTS) is 1. The standard InChI is InChI=1S/C13H28N2O3/c1-15(11-12-16)10-9-14-8-6-4-2-3-5-7-13(17)18/h14,16H,2-12H2,1H3,(H,17,18). The Morgan fingerprint density at radius 3 is 2.39 bits per heavy atom. The van der Waals surface area contributed by atoms with Crippen molar-refractivity contribution in [2.24, 2.45) is 0 Å². The molecule has 0 bridgehead atoms. The highest BCUT2D eigenvalue weighted by Gasteiger charge is 1.97. The van der Waals surface area contributed by atoms with Crippen molar-refractivity contribution < 1.29 is 15.0 Å². The van der Waals surface area contributed by atoms with Crippen LogP contribution in [0.3, 0.4) is 0 Å². The summed E-state index contributed by atoms with van der Waals surface area (Å²) >= 11 is 0. The predicted molar refractivity (Wildman–Crippen MR) is 72.8 cm³/mol. The van der Waals surface area contributed by atoms with Gasteiger partial charge >= 0.3 is 5.97 Å². The second-order valence-electron chi connectivity index (χ2n) is 4.69. The number of aliphatic hydroxyl groups excluding tert-OH is 1. The Labute approximate surface area is 110 Å². The average molecular weight is 260 g/mol. The third-order valence-corrected chi connectivity index (χ3v) is 2.90. The lowest BCUT2D eigenvalue weighted by Crippen LogP contribution is -2.31. The van der Waals surface area contributed by atoms with Crippen molar-refractivity contribution in [1.82, 2.24) is 10.2 Å². The van der Waals surface area contributed by atoms with Gasteiger partial charge in [-0.05, 0) is 26.4 Å². The molecule has 18 heavy (non-hydrogen) atoms. The Morgan fingerprint density at radius 2 is 1.72 bits per heavy atom. The molecule has 3 N–H and O–H groups in total. The van der Waals surface area contributed by atoms with Crippen molar-refractivity contribution in [3.05, 3.63) is 0 Å². The number of rotatable bonds is 13. The van der Waals surface area contributed by atoms with Gasteiger partial charge in [0.25, 0.3) is 0 Å². The summed E-state index contributed by atoms with van der Waals surface area (Å²) in [5, 5.41) is 20.5.